The molecule has 2 aliphatic heterocycles. The van der Waals surface area contributed by atoms with Gasteiger partial charge in [0.25, 0.3) is 12.3 Å². The second-order valence-electron chi connectivity index (χ2n) is 8.37. The second-order valence-corrected chi connectivity index (χ2v) is 8.37. The van der Waals surface area contributed by atoms with E-state index in [9.17, 15) is 13.6 Å². The van der Waals surface area contributed by atoms with Gasteiger partial charge in [-0.1, -0.05) is 19.3 Å². The fourth-order valence-electron chi connectivity index (χ4n) is 5.04. The maximum absolute atomic E-state index is 13.2. The molecule has 0 N–H and O–H groups in total. The fourth-order valence-corrected chi connectivity index (χ4v) is 5.04. The third-order valence-corrected chi connectivity index (χ3v) is 6.66. The fraction of sp³-hybridized carbons (Fsp3) is 0.842. The summed E-state index contributed by atoms with van der Waals surface area (Å²) < 4.78 is 27.8. The van der Waals surface area contributed by atoms with Crippen LogP contribution in [-0.2, 0) is 6.54 Å². The molecular formula is C19H29F2N5O. The lowest BCUT2D eigenvalue weighted by Gasteiger charge is -2.44. The Morgan fingerprint density at radius 3 is 2.22 bits per heavy atom. The molecule has 3 aliphatic rings. The number of hydrogen-bond donors (Lipinski definition) is 0. The summed E-state index contributed by atoms with van der Waals surface area (Å²) in [6, 6.07) is 0. The van der Waals surface area contributed by atoms with E-state index in [0.717, 1.165) is 38.8 Å². The number of piperidine rings is 1. The topological polar surface area (TPSA) is 54.3 Å². The van der Waals surface area contributed by atoms with Crippen molar-refractivity contribution in [2.75, 3.05) is 31.1 Å². The van der Waals surface area contributed by atoms with Crippen molar-refractivity contribution in [2.45, 2.75) is 70.8 Å². The van der Waals surface area contributed by atoms with Gasteiger partial charge in [0.05, 0.1) is 6.54 Å². The van der Waals surface area contributed by atoms with Crippen molar-refractivity contribution in [3.63, 3.8) is 0 Å². The third-order valence-electron chi connectivity index (χ3n) is 6.66. The highest BCUT2D eigenvalue weighted by atomic mass is 19.3. The third kappa shape index (κ3) is 3.80. The maximum atomic E-state index is 13.2. The van der Waals surface area contributed by atoms with E-state index in [1.165, 1.54) is 36.7 Å². The molecule has 1 spiro atoms. The lowest BCUT2D eigenvalue weighted by molar-refractivity contribution is 0.0764. The zero-order valence-corrected chi connectivity index (χ0v) is 15.9. The Bertz CT molecular complexity index is 655. The molecule has 0 radical (unpaired) electrons. The summed E-state index contributed by atoms with van der Waals surface area (Å²) in [5.74, 6) is 0.223. The monoisotopic (exact) mass is 381 g/mol. The van der Waals surface area contributed by atoms with Crippen molar-refractivity contribution in [1.82, 2.24) is 19.7 Å². The van der Waals surface area contributed by atoms with Crippen molar-refractivity contribution in [3.8, 4) is 0 Å². The van der Waals surface area contributed by atoms with Crippen LogP contribution in [0.2, 0.25) is 0 Å². The normalized spacial score (nSPS) is 22.8. The Hall–Kier alpha value is -1.73. The SMILES string of the molecule is O=C(c1nnc(N2CCC3(CCCCC3)CC2)n1CC(F)F)N1CCCC1. The minimum atomic E-state index is -2.54. The van der Waals surface area contributed by atoms with E-state index in [2.05, 4.69) is 15.1 Å². The lowest BCUT2D eigenvalue weighted by Crippen LogP contribution is -2.42. The first kappa shape index (κ1) is 18.6. The maximum Gasteiger partial charge on any atom is 0.291 e. The van der Waals surface area contributed by atoms with Gasteiger partial charge in [0, 0.05) is 26.2 Å². The van der Waals surface area contributed by atoms with Gasteiger partial charge in [-0.05, 0) is 43.9 Å². The number of carbonyl (C=O) groups is 1. The molecule has 0 aromatic carbocycles. The Labute approximate surface area is 158 Å². The van der Waals surface area contributed by atoms with Crippen LogP contribution in [0.4, 0.5) is 14.7 Å². The Morgan fingerprint density at radius 1 is 0.926 bits per heavy atom. The minimum absolute atomic E-state index is 0.0603. The van der Waals surface area contributed by atoms with Crippen LogP contribution in [-0.4, -0.2) is 58.2 Å². The lowest BCUT2D eigenvalue weighted by atomic mass is 9.68. The van der Waals surface area contributed by atoms with Gasteiger partial charge in [-0.2, -0.15) is 0 Å². The molecule has 3 heterocycles. The molecule has 2 saturated heterocycles. The van der Waals surface area contributed by atoms with Crippen LogP contribution >= 0.6 is 0 Å². The molecule has 8 heteroatoms. The van der Waals surface area contributed by atoms with Gasteiger partial charge in [0.1, 0.15) is 0 Å². The Morgan fingerprint density at radius 2 is 1.59 bits per heavy atom. The number of rotatable bonds is 4. The number of carbonyl (C=O) groups excluding carboxylic acids is 1. The van der Waals surface area contributed by atoms with Gasteiger partial charge in [0.2, 0.25) is 11.8 Å². The predicted molar refractivity (Wildman–Crippen MR) is 98.1 cm³/mol. The van der Waals surface area contributed by atoms with Crippen LogP contribution in [0.3, 0.4) is 0 Å². The van der Waals surface area contributed by atoms with Gasteiger partial charge in [-0.25, -0.2) is 8.78 Å². The first-order valence-electron chi connectivity index (χ1n) is 10.3. The number of aromatic nitrogens is 3. The molecule has 1 aromatic heterocycles. The van der Waals surface area contributed by atoms with Crippen molar-refractivity contribution >= 4 is 11.9 Å². The zero-order valence-electron chi connectivity index (χ0n) is 15.9. The molecular weight excluding hydrogens is 352 g/mol. The van der Waals surface area contributed by atoms with Gasteiger partial charge >= 0.3 is 0 Å². The predicted octanol–water partition coefficient (Wildman–Crippen LogP) is 3.33. The van der Waals surface area contributed by atoms with Crippen LogP contribution in [0.25, 0.3) is 0 Å². The van der Waals surface area contributed by atoms with Crippen molar-refractivity contribution < 1.29 is 13.6 Å². The molecule has 3 fully saturated rings. The van der Waals surface area contributed by atoms with E-state index >= 15 is 0 Å². The molecule has 1 aromatic rings. The summed E-state index contributed by atoms with van der Waals surface area (Å²) in [6.45, 7) is 2.42. The molecule has 1 saturated carbocycles. The van der Waals surface area contributed by atoms with E-state index < -0.39 is 13.0 Å². The average Bonchev–Trinajstić information content (AvgIpc) is 3.33. The van der Waals surface area contributed by atoms with E-state index in [1.807, 2.05) is 0 Å². The van der Waals surface area contributed by atoms with Gasteiger partial charge in [-0.3, -0.25) is 9.36 Å². The molecule has 4 rings (SSSR count). The van der Waals surface area contributed by atoms with Crippen LogP contribution in [0.5, 0.6) is 0 Å². The molecule has 0 bridgehead atoms. The molecule has 0 unspecified atom stereocenters. The van der Waals surface area contributed by atoms with Crippen LogP contribution in [0.15, 0.2) is 0 Å². The summed E-state index contributed by atoms with van der Waals surface area (Å²) in [5, 5.41) is 8.22. The molecule has 0 atom stereocenters. The summed E-state index contributed by atoms with van der Waals surface area (Å²) in [4.78, 5) is 16.5. The second kappa shape index (κ2) is 7.72. The van der Waals surface area contributed by atoms with Gasteiger partial charge < -0.3 is 9.80 Å². The van der Waals surface area contributed by atoms with Crippen LogP contribution in [0.1, 0.15) is 68.4 Å². The number of amides is 1. The highest BCUT2D eigenvalue weighted by molar-refractivity contribution is 5.91. The standard InChI is InChI=1S/C19H29F2N5O/c20-15(21)14-26-16(17(27)24-10-4-5-11-24)22-23-18(26)25-12-8-19(9-13-25)6-2-1-3-7-19/h15H,1-14H2. The number of likely N-dealkylation sites (tertiary alicyclic amines) is 1. The number of halogens is 2. The van der Waals surface area contributed by atoms with Gasteiger partial charge in [-0.15, -0.1) is 10.2 Å². The Balaban J connectivity index is 1.52. The number of alkyl halides is 2. The quantitative estimate of drug-likeness (QED) is 0.803. The van der Waals surface area contributed by atoms with E-state index in [0.29, 0.717) is 24.5 Å². The smallest absolute Gasteiger partial charge is 0.291 e. The first-order valence-corrected chi connectivity index (χ1v) is 10.3. The Kier molecular flexibility index (Phi) is 5.32. The molecule has 150 valence electrons. The summed E-state index contributed by atoms with van der Waals surface area (Å²) in [7, 11) is 0. The van der Waals surface area contributed by atoms with Crippen LogP contribution in [0, 0.1) is 5.41 Å². The summed E-state index contributed by atoms with van der Waals surface area (Å²) >= 11 is 0. The van der Waals surface area contributed by atoms with Crippen molar-refractivity contribution in [3.05, 3.63) is 5.82 Å². The van der Waals surface area contributed by atoms with Crippen LogP contribution < -0.4 is 4.90 Å². The number of anilines is 1. The van der Waals surface area contributed by atoms with E-state index in [-0.39, 0.29) is 11.7 Å². The average molecular weight is 381 g/mol. The highest BCUT2D eigenvalue weighted by Crippen LogP contribution is 2.45. The minimum Gasteiger partial charge on any atom is -0.341 e. The molecule has 6 nitrogen and oxygen atoms in total. The van der Waals surface area contributed by atoms with E-state index in [4.69, 9.17) is 0 Å². The summed E-state index contributed by atoms with van der Waals surface area (Å²) in [5.41, 5.74) is 0.427. The summed E-state index contributed by atoms with van der Waals surface area (Å²) in [6.07, 6.45) is 8.01. The molecule has 27 heavy (non-hydrogen) atoms. The largest absolute Gasteiger partial charge is 0.341 e. The zero-order chi connectivity index (χ0) is 18.9. The van der Waals surface area contributed by atoms with Crippen molar-refractivity contribution in [1.29, 1.82) is 0 Å². The van der Waals surface area contributed by atoms with E-state index in [1.54, 1.807) is 4.90 Å². The van der Waals surface area contributed by atoms with Crippen molar-refractivity contribution in [2.24, 2.45) is 5.41 Å². The first-order chi connectivity index (χ1) is 13.1. The van der Waals surface area contributed by atoms with Gasteiger partial charge in [0.15, 0.2) is 0 Å². The molecule has 1 amide bonds. The highest BCUT2D eigenvalue weighted by Gasteiger charge is 2.37. The molecule has 1 aliphatic carbocycles. The number of nitrogens with zero attached hydrogens (tertiary/aromatic N) is 5. The number of hydrogen-bond acceptors (Lipinski definition) is 4.